The molecule has 192 valence electrons. The van der Waals surface area contributed by atoms with Crippen LogP contribution in [-0.2, 0) is 12.8 Å². The van der Waals surface area contributed by atoms with Crippen LogP contribution in [0.3, 0.4) is 0 Å². The van der Waals surface area contributed by atoms with Gasteiger partial charge < -0.3 is 20.7 Å². The number of aryl methyl sites for hydroxylation is 1. The first-order valence-corrected chi connectivity index (χ1v) is 13.0. The van der Waals surface area contributed by atoms with Gasteiger partial charge in [-0.3, -0.25) is 9.69 Å². The van der Waals surface area contributed by atoms with Gasteiger partial charge in [0.15, 0.2) is 0 Å². The van der Waals surface area contributed by atoms with Crippen molar-refractivity contribution in [3.63, 3.8) is 0 Å². The van der Waals surface area contributed by atoms with Crippen molar-refractivity contribution in [1.82, 2.24) is 15.6 Å². The van der Waals surface area contributed by atoms with Gasteiger partial charge in [0, 0.05) is 37.1 Å². The summed E-state index contributed by atoms with van der Waals surface area (Å²) in [5, 5.41) is 8.98. The quantitative estimate of drug-likeness (QED) is 0.450. The summed E-state index contributed by atoms with van der Waals surface area (Å²) in [7, 11) is 1.64. The van der Waals surface area contributed by atoms with Crippen molar-refractivity contribution in [3.05, 3.63) is 77.0 Å². The molecule has 3 amide bonds. The summed E-state index contributed by atoms with van der Waals surface area (Å²) >= 11 is 0. The van der Waals surface area contributed by atoms with Gasteiger partial charge in [-0.05, 0) is 91.7 Å². The highest BCUT2D eigenvalue weighted by Gasteiger charge is 2.26. The second-order valence-electron chi connectivity index (χ2n) is 9.48. The third kappa shape index (κ3) is 5.44. The molecule has 2 aliphatic rings. The van der Waals surface area contributed by atoms with Crippen LogP contribution in [0.1, 0.15) is 52.7 Å². The Kier molecular flexibility index (Phi) is 7.37. The van der Waals surface area contributed by atoms with Gasteiger partial charge in [-0.1, -0.05) is 19.1 Å². The van der Waals surface area contributed by atoms with Gasteiger partial charge >= 0.3 is 6.03 Å². The topological polar surface area (TPSA) is 95.6 Å². The van der Waals surface area contributed by atoms with E-state index in [-0.39, 0.29) is 11.9 Å². The molecule has 0 radical (unpaired) electrons. The van der Waals surface area contributed by atoms with E-state index in [2.05, 4.69) is 40.0 Å². The van der Waals surface area contributed by atoms with Crippen LogP contribution in [0.2, 0.25) is 0 Å². The Balaban J connectivity index is 1.28. The molecule has 0 saturated carbocycles. The van der Waals surface area contributed by atoms with Gasteiger partial charge in [0.2, 0.25) is 0 Å². The fourth-order valence-electron chi connectivity index (χ4n) is 5.10. The van der Waals surface area contributed by atoms with Gasteiger partial charge in [0.25, 0.3) is 5.91 Å². The van der Waals surface area contributed by atoms with Crippen LogP contribution in [0.15, 0.2) is 54.7 Å². The van der Waals surface area contributed by atoms with Crippen molar-refractivity contribution in [2.45, 2.75) is 38.5 Å². The van der Waals surface area contributed by atoms with E-state index in [9.17, 15) is 9.59 Å². The molecule has 1 fully saturated rings. The average Bonchev–Trinajstić information content (AvgIpc) is 3.35. The molecule has 0 atom stereocenters. The highest BCUT2D eigenvalue weighted by Crippen LogP contribution is 2.37. The molecule has 3 heterocycles. The molecular weight excluding hydrogens is 466 g/mol. The molecule has 0 spiro atoms. The zero-order valence-corrected chi connectivity index (χ0v) is 21.3. The van der Waals surface area contributed by atoms with E-state index >= 15 is 0 Å². The third-order valence-corrected chi connectivity index (χ3v) is 7.18. The number of fused-ring (bicyclic) bond motifs is 1. The van der Waals surface area contributed by atoms with Crippen molar-refractivity contribution >= 4 is 23.4 Å². The second-order valence-corrected chi connectivity index (χ2v) is 9.48. The minimum absolute atomic E-state index is 0.107. The fraction of sp³-hybridized carbons (Fsp3) is 0.345. The molecule has 2 aliphatic heterocycles. The summed E-state index contributed by atoms with van der Waals surface area (Å²) < 4.78 is 6.24. The Labute approximate surface area is 217 Å². The highest BCUT2D eigenvalue weighted by atomic mass is 16.5. The minimum atomic E-state index is -0.206. The average molecular weight is 500 g/mol. The summed E-state index contributed by atoms with van der Waals surface area (Å²) in [6, 6.07) is 15.3. The van der Waals surface area contributed by atoms with E-state index in [1.807, 2.05) is 24.3 Å². The molecule has 0 bridgehead atoms. The lowest BCUT2D eigenvalue weighted by Crippen LogP contribution is -2.36. The maximum Gasteiger partial charge on any atom is 0.321 e. The molecule has 1 aromatic heterocycles. The van der Waals surface area contributed by atoms with Gasteiger partial charge in [-0.15, -0.1) is 0 Å². The molecule has 2 aromatic carbocycles. The van der Waals surface area contributed by atoms with E-state index in [0.29, 0.717) is 29.6 Å². The second kappa shape index (κ2) is 11.0. The maximum absolute atomic E-state index is 12.9. The van der Waals surface area contributed by atoms with Crippen LogP contribution in [0, 0.1) is 0 Å². The first-order chi connectivity index (χ1) is 18.1. The third-order valence-electron chi connectivity index (χ3n) is 7.18. The van der Waals surface area contributed by atoms with Gasteiger partial charge in [0.05, 0.1) is 0 Å². The van der Waals surface area contributed by atoms with Crippen molar-refractivity contribution in [1.29, 1.82) is 0 Å². The van der Waals surface area contributed by atoms with E-state index in [0.717, 1.165) is 61.3 Å². The summed E-state index contributed by atoms with van der Waals surface area (Å²) in [6.45, 7) is 4.78. The van der Waals surface area contributed by atoms with E-state index < -0.39 is 0 Å². The Morgan fingerprint density at radius 1 is 1.11 bits per heavy atom. The van der Waals surface area contributed by atoms with Gasteiger partial charge in [-0.25, -0.2) is 9.78 Å². The standard InChI is InChI=1S/C29H33N5O3/c1-3-19-16-25-23(11-15-34(25)29(36)30-2)17-26(19)37-24-10-14-32-27(18-24)33-28(35)22-6-4-20(5-7-22)21-8-12-31-13-9-21/h4-7,10,14,16-18,21,31H,3,8-9,11-13,15H2,1-2H3,(H,30,36)(H,32,33,35). The van der Waals surface area contributed by atoms with Crippen molar-refractivity contribution in [2.24, 2.45) is 0 Å². The first kappa shape index (κ1) is 24.8. The number of urea groups is 1. The number of hydrogen-bond donors (Lipinski definition) is 3. The molecule has 8 nitrogen and oxygen atoms in total. The number of pyridine rings is 1. The Hall–Kier alpha value is -3.91. The monoisotopic (exact) mass is 499 g/mol. The molecule has 0 unspecified atom stereocenters. The van der Waals surface area contributed by atoms with E-state index in [1.54, 1.807) is 30.3 Å². The Morgan fingerprint density at radius 3 is 2.62 bits per heavy atom. The lowest BCUT2D eigenvalue weighted by Gasteiger charge is -2.23. The highest BCUT2D eigenvalue weighted by molar-refractivity contribution is 6.03. The lowest BCUT2D eigenvalue weighted by atomic mass is 9.90. The summed E-state index contributed by atoms with van der Waals surface area (Å²) in [6.07, 6.45) is 5.40. The number of amides is 3. The number of carbonyl (C=O) groups is 2. The summed E-state index contributed by atoms with van der Waals surface area (Å²) in [5.74, 6) is 2.10. The van der Waals surface area contributed by atoms with Gasteiger partial charge in [0.1, 0.15) is 17.3 Å². The number of ether oxygens (including phenoxy) is 1. The molecule has 0 aliphatic carbocycles. The van der Waals surface area contributed by atoms with Crippen molar-refractivity contribution in [3.8, 4) is 11.5 Å². The number of piperidine rings is 1. The number of benzene rings is 2. The normalized spacial score (nSPS) is 15.2. The summed E-state index contributed by atoms with van der Waals surface area (Å²) in [5.41, 5.74) is 4.89. The Morgan fingerprint density at radius 2 is 1.89 bits per heavy atom. The van der Waals surface area contributed by atoms with Crippen LogP contribution >= 0.6 is 0 Å². The lowest BCUT2D eigenvalue weighted by molar-refractivity contribution is 0.102. The number of carbonyl (C=O) groups excluding carboxylic acids is 2. The number of nitrogens with zero attached hydrogens (tertiary/aromatic N) is 2. The number of nitrogens with one attached hydrogen (secondary N) is 3. The zero-order valence-electron chi connectivity index (χ0n) is 21.3. The molecule has 1 saturated heterocycles. The molecule has 8 heteroatoms. The van der Waals surface area contributed by atoms with E-state index in [4.69, 9.17) is 4.74 Å². The first-order valence-electron chi connectivity index (χ1n) is 13.0. The van der Waals surface area contributed by atoms with E-state index in [1.165, 1.54) is 5.56 Å². The summed E-state index contributed by atoms with van der Waals surface area (Å²) in [4.78, 5) is 31.1. The molecule has 3 N–H and O–H groups in total. The van der Waals surface area contributed by atoms with Crippen LogP contribution in [-0.4, -0.2) is 43.6 Å². The number of aromatic nitrogens is 1. The molecule has 5 rings (SSSR count). The predicted octanol–water partition coefficient (Wildman–Crippen LogP) is 4.86. The SMILES string of the molecule is CCc1cc2c(cc1Oc1ccnc(NC(=O)c3ccc(C4CCNCC4)cc3)c1)CCN2C(=O)NC. The van der Waals surface area contributed by atoms with Crippen molar-refractivity contribution < 1.29 is 14.3 Å². The minimum Gasteiger partial charge on any atom is -0.457 e. The Bertz CT molecular complexity index is 1290. The zero-order chi connectivity index (χ0) is 25.8. The maximum atomic E-state index is 12.9. The number of rotatable bonds is 6. The number of anilines is 2. The molecular formula is C29H33N5O3. The van der Waals surface area contributed by atoms with Crippen LogP contribution < -0.4 is 25.6 Å². The van der Waals surface area contributed by atoms with Crippen LogP contribution in [0.5, 0.6) is 11.5 Å². The van der Waals surface area contributed by atoms with Crippen LogP contribution in [0.4, 0.5) is 16.3 Å². The van der Waals surface area contributed by atoms with Crippen molar-refractivity contribution in [2.75, 3.05) is 36.9 Å². The largest absolute Gasteiger partial charge is 0.457 e. The van der Waals surface area contributed by atoms with Gasteiger partial charge in [-0.2, -0.15) is 0 Å². The predicted molar refractivity (Wildman–Crippen MR) is 145 cm³/mol. The fourth-order valence-corrected chi connectivity index (χ4v) is 5.10. The molecule has 3 aromatic rings. The smallest absolute Gasteiger partial charge is 0.321 e. The number of hydrogen-bond acceptors (Lipinski definition) is 5. The van der Waals surface area contributed by atoms with Crippen LogP contribution in [0.25, 0.3) is 0 Å². The molecule has 37 heavy (non-hydrogen) atoms.